The van der Waals surface area contributed by atoms with E-state index in [1.807, 2.05) is 0 Å². The summed E-state index contributed by atoms with van der Waals surface area (Å²) in [7, 11) is 0. The Morgan fingerprint density at radius 1 is 1.28 bits per heavy atom. The second-order valence-corrected chi connectivity index (χ2v) is 5.66. The highest BCUT2D eigenvalue weighted by Crippen LogP contribution is 2.40. The van der Waals surface area contributed by atoms with Gasteiger partial charge in [-0.2, -0.15) is 0 Å². The molecule has 2 aliphatic rings. The molecule has 3 rings (SSSR count). The summed E-state index contributed by atoms with van der Waals surface area (Å²) in [6.45, 7) is 2.07. The monoisotopic (exact) mass is 269 g/mol. The lowest BCUT2D eigenvalue weighted by Gasteiger charge is -2.24. The van der Waals surface area contributed by atoms with Gasteiger partial charge in [-0.3, -0.25) is 0 Å². The highest BCUT2D eigenvalue weighted by Gasteiger charge is 2.39. The van der Waals surface area contributed by atoms with Crippen molar-refractivity contribution in [2.45, 2.75) is 25.4 Å². The van der Waals surface area contributed by atoms with Crippen molar-refractivity contribution in [3.05, 3.63) is 29.0 Å². The number of halogens is 2. The van der Waals surface area contributed by atoms with Gasteiger partial charge in [0.05, 0.1) is 5.02 Å². The van der Waals surface area contributed by atoms with Crippen molar-refractivity contribution in [1.29, 1.82) is 0 Å². The van der Waals surface area contributed by atoms with Crippen LogP contribution >= 0.6 is 11.6 Å². The van der Waals surface area contributed by atoms with Gasteiger partial charge in [0, 0.05) is 18.5 Å². The second kappa shape index (κ2) is 5.06. The summed E-state index contributed by atoms with van der Waals surface area (Å²) in [5, 5.41) is 3.51. The highest BCUT2D eigenvalue weighted by atomic mass is 35.5. The molecule has 1 heterocycles. The van der Waals surface area contributed by atoms with Crippen molar-refractivity contribution in [3.8, 4) is 5.75 Å². The molecule has 2 nitrogen and oxygen atoms in total. The first-order valence-electron chi connectivity index (χ1n) is 6.56. The molecule has 4 heteroatoms. The molecule has 1 aromatic rings. The van der Waals surface area contributed by atoms with Crippen LogP contribution in [0.5, 0.6) is 5.75 Å². The number of benzene rings is 1. The molecule has 2 fully saturated rings. The largest absolute Gasteiger partial charge is 0.490 e. The van der Waals surface area contributed by atoms with Crippen LogP contribution in [0.15, 0.2) is 18.2 Å². The Morgan fingerprint density at radius 3 is 2.72 bits per heavy atom. The normalized spacial score (nSPS) is 25.1. The lowest BCUT2D eigenvalue weighted by Crippen LogP contribution is -2.30. The molecule has 1 saturated carbocycles. The maximum absolute atomic E-state index is 13.4. The van der Waals surface area contributed by atoms with E-state index in [0.717, 1.165) is 19.5 Å². The minimum absolute atomic E-state index is 0.146. The van der Waals surface area contributed by atoms with Crippen LogP contribution in [0.25, 0.3) is 0 Å². The Bertz CT molecular complexity index is 430. The van der Waals surface area contributed by atoms with Gasteiger partial charge >= 0.3 is 0 Å². The van der Waals surface area contributed by atoms with E-state index in [-0.39, 0.29) is 11.1 Å². The summed E-state index contributed by atoms with van der Waals surface area (Å²) >= 11 is 5.68. The van der Waals surface area contributed by atoms with Crippen molar-refractivity contribution in [1.82, 2.24) is 5.32 Å². The van der Waals surface area contributed by atoms with Crippen molar-refractivity contribution < 1.29 is 9.13 Å². The van der Waals surface area contributed by atoms with E-state index in [9.17, 15) is 4.39 Å². The van der Waals surface area contributed by atoms with Gasteiger partial charge in [-0.25, -0.2) is 4.39 Å². The summed E-state index contributed by atoms with van der Waals surface area (Å²) in [4.78, 5) is 0. The molecule has 2 atom stereocenters. The fourth-order valence-corrected chi connectivity index (χ4v) is 2.78. The van der Waals surface area contributed by atoms with E-state index in [2.05, 4.69) is 5.32 Å². The third-order valence-electron chi connectivity index (χ3n) is 3.81. The van der Waals surface area contributed by atoms with Gasteiger partial charge in [-0.15, -0.1) is 0 Å². The van der Waals surface area contributed by atoms with Crippen LogP contribution in [0.1, 0.15) is 19.3 Å². The second-order valence-electron chi connectivity index (χ2n) is 5.25. The molecule has 0 amide bonds. The molecular weight excluding hydrogens is 253 g/mol. The van der Waals surface area contributed by atoms with E-state index in [1.165, 1.54) is 18.9 Å². The molecule has 0 radical (unpaired) electrons. The van der Waals surface area contributed by atoms with E-state index in [0.29, 0.717) is 17.6 Å². The van der Waals surface area contributed by atoms with Crippen LogP contribution in [-0.4, -0.2) is 19.2 Å². The molecule has 1 aliphatic carbocycles. The molecule has 1 aromatic carbocycles. The average Bonchev–Trinajstić information content (AvgIpc) is 3.05. The standard InChI is InChI=1S/C14H17ClFNO/c15-12-4-3-11(7-13(12)16)18-14(9-1-2-9)10-5-6-17-8-10/h3-4,7,9-10,14,17H,1-2,5-6,8H2/t10-,14+/m0/s1. The lowest BCUT2D eigenvalue weighted by molar-refractivity contribution is 0.120. The Morgan fingerprint density at radius 2 is 2.11 bits per heavy atom. The average molecular weight is 270 g/mol. The van der Waals surface area contributed by atoms with Crippen LogP contribution in [0, 0.1) is 17.7 Å². The number of ether oxygens (including phenoxy) is 1. The smallest absolute Gasteiger partial charge is 0.145 e. The minimum Gasteiger partial charge on any atom is -0.490 e. The Labute approximate surface area is 111 Å². The van der Waals surface area contributed by atoms with Crippen LogP contribution in [-0.2, 0) is 0 Å². The number of hydrogen-bond donors (Lipinski definition) is 1. The molecular formula is C14H17ClFNO. The van der Waals surface area contributed by atoms with Crippen molar-refractivity contribution >= 4 is 11.6 Å². The van der Waals surface area contributed by atoms with Gasteiger partial charge in [0.15, 0.2) is 0 Å². The van der Waals surface area contributed by atoms with E-state index >= 15 is 0 Å². The van der Waals surface area contributed by atoms with Gasteiger partial charge in [-0.05, 0) is 43.9 Å². The fourth-order valence-electron chi connectivity index (χ4n) is 2.67. The SMILES string of the molecule is Fc1cc(O[C@H](C2CC2)[C@H]2CCNC2)ccc1Cl. The van der Waals surface area contributed by atoms with E-state index in [1.54, 1.807) is 12.1 Å². The zero-order chi connectivity index (χ0) is 12.5. The summed E-state index contributed by atoms with van der Waals surface area (Å²) in [6, 6.07) is 4.70. The molecule has 0 spiro atoms. The number of nitrogens with one attached hydrogen (secondary N) is 1. The summed E-state index contributed by atoms with van der Waals surface area (Å²) in [5.41, 5.74) is 0. The molecule has 1 aliphatic heterocycles. The van der Waals surface area contributed by atoms with Crippen molar-refractivity contribution in [2.24, 2.45) is 11.8 Å². The minimum atomic E-state index is -0.409. The molecule has 0 aromatic heterocycles. The first-order chi connectivity index (χ1) is 8.74. The molecule has 18 heavy (non-hydrogen) atoms. The summed E-state index contributed by atoms with van der Waals surface area (Å²) in [5.74, 6) is 1.39. The quantitative estimate of drug-likeness (QED) is 0.906. The predicted octanol–water partition coefficient (Wildman–Crippen LogP) is 3.25. The molecule has 98 valence electrons. The Balaban J connectivity index is 1.73. The first-order valence-corrected chi connectivity index (χ1v) is 6.94. The molecule has 1 saturated heterocycles. The lowest BCUT2D eigenvalue weighted by atomic mass is 9.97. The zero-order valence-electron chi connectivity index (χ0n) is 10.2. The fraction of sp³-hybridized carbons (Fsp3) is 0.571. The Hall–Kier alpha value is -0.800. The molecule has 1 N–H and O–H groups in total. The van der Waals surface area contributed by atoms with E-state index in [4.69, 9.17) is 16.3 Å². The number of rotatable bonds is 4. The van der Waals surface area contributed by atoms with Crippen LogP contribution < -0.4 is 10.1 Å². The maximum atomic E-state index is 13.4. The van der Waals surface area contributed by atoms with E-state index < -0.39 is 5.82 Å². The topological polar surface area (TPSA) is 21.3 Å². The molecule has 0 unspecified atom stereocenters. The first kappa shape index (κ1) is 12.2. The van der Waals surface area contributed by atoms with Crippen LogP contribution in [0.3, 0.4) is 0 Å². The van der Waals surface area contributed by atoms with Crippen LogP contribution in [0.2, 0.25) is 5.02 Å². The number of hydrogen-bond acceptors (Lipinski definition) is 2. The third-order valence-corrected chi connectivity index (χ3v) is 4.12. The third kappa shape index (κ3) is 2.62. The summed E-state index contributed by atoms with van der Waals surface area (Å²) in [6.07, 6.45) is 3.84. The van der Waals surface area contributed by atoms with Crippen molar-refractivity contribution in [2.75, 3.05) is 13.1 Å². The maximum Gasteiger partial charge on any atom is 0.145 e. The van der Waals surface area contributed by atoms with Gasteiger partial charge in [0.2, 0.25) is 0 Å². The summed E-state index contributed by atoms with van der Waals surface area (Å²) < 4.78 is 19.4. The zero-order valence-corrected chi connectivity index (χ0v) is 10.9. The van der Waals surface area contributed by atoms with Gasteiger partial charge in [0.25, 0.3) is 0 Å². The predicted molar refractivity (Wildman–Crippen MR) is 69.5 cm³/mol. The Kier molecular flexibility index (Phi) is 3.44. The van der Waals surface area contributed by atoms with Gasteiger partial charge in [0.1, 0.15) is 17.7 Å². The van der Waals surface area contributed by atoms with Crippen molar-refractivity contribution in [3.63, 3.8) is 0 Å². The van der Waals surface area contributed by atoms with Gasteiger partial charge < -0.3 is 10.1 Å². The highest BCUT2D eigenvalue weighted by molar-refractivity contribution is 6.30. The van der Waals surface area contributed by atoms with Gasteiger partial charge in [-0.1, -0.05) is 11.6 Å². The van der Waals surface area contributed by atoms with Crippen LogP contribution in [0.4, 0.5) is 4.39 Å². The molecule has 0 bridgehead atoms.